The molecule has 4 rings (SSSR count). The number of thioether (sulfide) groups is 1. The third-order valence-electron chi connectivity index (χ3n) is 5.38. The minimum absolute atomic E-state index is 0.0527. The summed E-state index contributed by atoms with van der Waals surface area (Å²) in [6.45, 7) is 2.66. The van der Waals surface area contributed by atoms with Gasteiger partial charge in [-0.15, -0.1) is 10.2 Å². The largest absolute Gasteiger partial charge is 0.496 e. The third-order valence-corrected chi connectivity index (χ3v) is 6.56. The van der Waals surface area contributed by atoms with Crippen LogP contribution in [-0.4, -0.2) is 40.1 Å². The van der Waals surface area contributed by atoms with Crippen molar-refractivity contribution >= 4 is 29.3 Å². The zero-order valence-electron chi connectivity index (χ0n) is 19.0. The highest BCUT2D eigenvalue weighted by Gasteiger charge is 2.19. The van der Waals surface area contributed by atoms with E-state index in [1.165, 1.54) is 22.9 Å². The molecule has 0 unspecified atom stereocenters. The Labute approximate surface area is 208 Å². The maximum Gasteiger partial charge on any atom is 0.230 e. The van der Waals surface area contributed by atoms with Crippen LogP contribution in [0.2, 0.25) is 5.02 Å². The van der Waals surface area contributed by atoms with E-state index in [9.17, 15) is 4.79 Å². The number of rotatable bonds is 9. The summed E-state index contributed by atoms with van der Waals surface area (Å²) in [6, 6.07) is 23.3. The van der Waals surface area contributed by atoms with Gasteiger partial charge in [-0.2, -0.15) is 0 Å². The van der Waals surface area contributed by atoms with Crippen molar-refractivity contribution in [2.24, 2.45) is 0 Å². The van der Waals surface area contributed by atoms with Gasteiger partial charge in [-0.3, -0.25) is 9.36 Å². The molecule has 0 bridgehead atoms. The number of methoxy groups -OCH3 is 1. The average Bonchev–Trinajstić information content (AvgIpc) is 3.28. The van der Waals surface area contributed by atoms with Gasteiger partial charge < -0.3 is 10.1 Å². The van der Waals surface area contributed by atoms with Gasteiger partial charge in [-0.25, -0.2) is 0 Å². The summed E-state index contributed by atoms with van der Waals surface area (Å²) in [5.41, 5.74) is 4.12. The fourth-order valence-electron chi connectivity index (χ4n) is 3.60. The second-order valence-corrected chi connectivity index (χ2v) is 9.01. The molecule has 4 aromatic rings. The molecule has 3 aromatic carbocycles. The van der Waals surface area contributed by atoms with Gasteiger partial charge in [0.2, 0.25) is 5.91 Å². The summed E-state index contributed by atoms with van der Waals surface area (Å²) in [6.07, 6.45) is 0.794. The molecule has 0 spiro atoms. The Balaban J connectivity index is 1.51. The van der Waals surface area contributed by atoms with E-state index in [-0.39, 0.29) is 11.7 Å². The smallest absolute Gasteiger partial charge is 0.230 e. The number of carbonyl (C=O) groups is 1. The van der Waals surface area contributed by atoms with E-state index in [1.807, 2.05) is 65.2 Å². The number of aromatic nitrogens is 3. The predicted molar refractivity (Wildman–Crippen MR) is 137 cm³/mol. The number of hydrogen-bond acceptors (Lipinski definition) is 5. The van der Waals surface area contributed by atoms with Gasteiger partial charge in [0, 0.05) is 17.3 Å². The van der Waals surface area contributed by atoms with Crippen molar-refractivity contribution in [2.75, 3.05) is 19.4 Å². The average molecular weight is 493 g/mol. The molecular formula is C26H25ClN4O2S. The van der Waals surface area contributed by atoms with Crippen molar-refractivity contribution in [2.45, 2.75) is 18.5 Å². The van der Waals surface area contributed by atoms with Crippen LogP contribution in [0.25, 0.3) is 17.1 Å². The minimum Gasteiger partial charge on any atom is -0.496 e. The zero-order valence-corrected chi connectivity index (χ0v) is 20.6. The molecule has 174 valence electrons. The van der Waals surface area contributed by atoms with Crippen molar-refractivity contribution in [3.05, 3.63) is 88.9 Å². The summed E-state index contributed by atoms with van der Waals surface area (Å²) in [5.74, 6) is 1.49. The molecule has 0 aliphatic carbocycles. The molecule has 0 saturated carbocycles. The van der Waals surface area contributed by atoms with Crippen LogP contribution >= 0.6 is 23.4 Å². The Morgan fingerprint density at radius 3 is 2.53 bits per heavy atom. The van der Waals surface area contributed by atoms with E-state index >= 15 is 0 Å². The van der Waals surface area contributed by atoms with Crippen molar-refractivity contribution in [1.29, 1.82) is 0 Å². The number of nitrogens with zero attached hydrogens (tertiary/aromatic N) is 3. The molecule has 1 aromatic heterocycles. The van der Waals surface area contributed by atoms with Crippen LogP contribution in [0.15, 0.2) is 78.0 Å². The van der Waals surface area contributed by atoms with Gasteiger partial charge in [0.15, 0.2) is 11.0 Å². The van der Waals surface area contributed by atoms with Crippen LogP contribution in [-0.2, 0) is 11.2 Å². The van der Waals surface area contributed by atoms with Crippen LogP contribution in [0.5, 0.6) is 5.75 Å². The van der Waals surface area contributed by atoms with E-state index in [0.29, 0.717) is 28.3 Å². The first-order valence-corrected chi connectivity index (χ1v) is 12.2. The van der Waals surface area contributed by atoms with Gasteiger partial charge in [0.1, 0.15) is 5.75 Å². The number of ether oxygens (including phenoxy) is 1. The van der Waals surface area contributed by atoms with Crippen LogP contribution in [0.3, 0.4) is 0 Å². The standard InChI is InChI=1S/C26H25ClN4O2S/c1-18-7-3-4-8-19(18)15-16-28-24(32)17-34-26-30-29-25(22-9-5-6-10-23(22)33-2)31(26)21-13-11-20(27)12-14-21/h3-14H,15-17H2,1-2H3,(H,28,32). The normalized spacial score (nSPS) is 10.8. The van der Waals surface area contributed by atoms with Crippen molar-refractivity contribution in [1.82, 2.24) is 20.1 Å². The molecule has 0 aliphatic rings. The second-order valence-electron chi connectivity index (χ2n) is 7.63. The number of halogens is 1. The van der Waals surface area contributed by atoms with E-state index in [4.69, 9.17) is 16.3 Å². The molecule has 0 fully saturated rings. The highest BCUT2D eigenvalue weighted by Crippen LogP contribution is 2.33. The first-order valence-electron chi connectivity index (χ1n) is 10.9. The van der Waals surface area contributed by atoms with Crippen molar-refractivity contribution < 1.29 is 9.53 Å². The van der Waals surface area contributed by atoms with Crippen LogP contribution in [0.1, 0.15) is 11.1 Å². The van der Waals surface area contributed by atoms with E-state index in [0.717, 1.165) is 17.7 Å². The Morgan fingerprint density at radius 1 is 1.03 bits per heavy atom. The monoisotopic (exact) mass is 492 g/mol. The number of aryl methyl sites for hydroxylation is 1. The Kier molecular flexibility index (Phi) is 7.87. The van der Waals surface area contributed by atoms with Crippen molar-refractivity contribution in [3.63, 3.8) is 0 Å². The Bertz CT molecular complexity index is 1270. The second kappa shape index (κ2) is 11.2. The van der Waals surface area contributed by atoms with E-state index < -0.39 is 0 Å². The van der Waals surface area contributed by atoms with Gasteiger partial charge in [-0.05, 0) is 60.9 Å². The molecule has 0 aliphatic heterocycles. The van der Waals surface area contributed by atoms with Gasteiger partial charge in [0.25, 0.3) is 0 Å². The number of hydrogen-bond donors (Lipinski definition) is 1. The topological polar surface area (TPSA) is 69.0 Å². The molecular weight excluding hydrogens is 468 g/mol. The summed E-state index contributed by atoms with van der Waals surface area (Å²) < 4.78 is 7.45. The van der Waals surface area contributed by atoms with Gasteiger partial charge in [-0.1, -0.05) is 59.8 Å². The number of benzene rings is 3. The Hall–Kier alpha value is -3.29. The molecule has 34 heavy (non-hydrogen) atoms. The SMILES string of the molecule is COc1ccccc1-c1nnc(SCC(=O)NCCc2ccccc2C)n1-c1ccc(Cl)cc1. The summed E-state index contributed by atoms with van der Waals surface area (Å²) >= 11 is 7.44. The quantitative estimate of drug-likeness (QED) is 0.319. The van der Waals surface area contributed by atoms with Crippen LogP contribution in [0, 0.1) is 6.92 Å². The molecule has 1 N–H and O–H groups in total. The van der Waals surface area contributed by atoms with Gasteiger partial charge in [0.05, 0.1) is 18.4 Å². The molecule has 1 amide bonds. The highest BCUT2D eigenvalue weighted by atomic mass is 35.5. The molecule has 6 nitrogen and oxygen atoms in total. The summed E-state index contributed by atoms with van der Waals surface area (Å²) in [4.78, 5) is 12.5. The first kappa shape index (κ1) is 23.9. The molecule has 0 radical (unpaired) electrons. The maximum atomic E-state index is 12.5. The van der Waals surface area contributed by atoms with Crippen molar-refractivity contribution in [3.8, 4) is 22.8 Å². The molecule has 0 saturated heterocycles. The maximum absolute atomic E-state index is 12.5. The third kappa shape index (κ3) is 5.61. The van der Waals surface area contributed by atoms with Gasteiger partial charge >= 0.3 is 0 Å². The zero-order chi connectivity index (χ0) is 23.9. The fraction of sp³-hybridized carbons (Fsp3) is 0.192. The summed E-state index contributed by atoms with van der Waals surface area (Å²) in [7, 11) is 1.62. The number of para-hydroxylation sites is 1. The lowest BCUT2D eigenvalue weighted by atomic mass is 10.1. The molecule has 1 heterocycles. The predicted octanol–water partition coefficient (Wildman–Crippen LogP) is 5.36. The van der Waals surface area contributed by atoms with Crippen LogP contribution in [0.4, 0.5) is 0 Å². The first-order chi connectivity index (χ1) is 16.6. The van der Waals surface area contributed by atoms with Crippen LogP contribution < -0.4 is 10.1 Å². The number of amides is 1. The number of nitrogens with one attached hydrogen (secondary N) is 1. The van der Waals surface area contributed by atoms with E-state index in [1.54, 1.807) is 7.11 Å². The minimum atomic E-state index is -0.0527. The summed E-state index contributed by atoms with van der Waals surface area (Å²) in [5, 5.41) is 13.1. The number of carbonyl (C=O) groups excluding carboxylic acids is 1. The molecule has 0 atom stereocenters. The lowest BCUT2D eigenvalue weighted by Gasteiger charge is -2.12. The highest BCUT2D eigenvalue weighted by molar-refractivity contribution is 7.99. The lowest BCUT2D eigenvalue weighted by molar-refractivity contribution is -0.118. The Morgan fingerprint density at radius 2 is 1.76 bits per heavy atom. The lowest BCUT2D eigenvalue weighted by Crippen LogP contribution is -2.27. The molecule has 8 heteroatoms. The van der Waals surface area contributed by atoms with E-state index in [2.05, 4.69) is 34.6 Å². The fourth-order valence-corrected chi connectivity index (χ4v) is 4.51.